The van der Waals surface area contributed by atoms with Crippen LogP contribution in [-0.4, -0.2) is 34.0 Å². The minimum atomic E-state index is -1.13. The van der Waals surface area contributed by atoms with Gasteiger partial charge in [-0.15, -0.1) is 0 Å². The molecule has 0 heterocycles. The third kappa shape index (κ3) is 3.69. The van der Waals surface area contributed by atoms with Crippen molar-refractivity contribution in [3.05, 3.63) is 0 Å². The highest BCUT2D eigenvalue weighted by Crippen LogP contribution is 2.13. The number of rotatable bonds is 6. The van der Waals surface area contributed by atoms with Crippen LogP contribution in [0, 0.1) is 5.92 Å². The number of aliphatic carboxylic acids is 1. The highest BCUT2D eigenvalue weighted by atomic mass is 16.4. The van der Waals surface area contributed by atoms with Crippen molar-refractivity contribution >= 4 is 5.97 Å². The Balaban J connectivity index is 3.94. The van der Waals surface area contributed by atoms with Gasteiger partial charge in [0.25, 0.3) is 0 Å². The number of carboxylic acids is 1. The van der Waals surface area contributed by atoms with Crippen LogP contribution in [0.15, 0.2) is 0 Å². The molecule has 0 amide bonds. The van der Waals surface area contributed by atoms with Crippen LogP contribution in [0.5, 0.6) is 0 Å². The van der Waals surface area contributed by atoms with Crippen LogP contribution in [0.3, 0.4) is 0 Å². The predicted octanol–water partition coefficient (Wildman–Crippen LogP) is 0.231. The first-order chi connectivity index (χ1) is 5.63. The van der Waals surface area contributed by atoms with E-state index >= 15 is 0 Å². The van der Waals surface area contributed by atoms with Crippen LogP contribution in [0.1, 0.15) is 26.2 Å². The van der Waals surface area contributed by atoms with Crippen LogP contribution in [0.2, 0.25) is 0 Å². The van der Waals surface area contributed by atoms with Gasteiger partial charge < -0.3 is 15.3 Å². The summed E-state index contributed by atoms with van der Waals surface area (Å²) >= 11 is 0. The summed E-state index contributed by atoms with van der Waals surface area (Å²) in [6.07, 6.45) is 0.942. The number of hydrogen-bond acceptors (Lipinski definition) is 3. The van der Waals surface area contributed by atoms with E-state index < -0.39 is 24.6 Å². The molecule has 0 aromatic rings. The van der Waals surface area contributed by atoms with Gasteiger partial charge in [-0.1, -0.05) is 19.8 Å². The van der Waals surface area contributed by atoms with Crippen LogP contribution in [0.4, 0.5) is 0 Å². The average Bonchev–Trinajstić information content (AvgIpc) is 2.04. The second-order valence-corrected chi connectivity index (χ2v) is 2.84. The van der Waals surface area contributed by atoms with Gasteiger partial charge in [-0.25, -0.2) is 0 Å². The van der Waals surface area contributed by atoms with Gasteiger partial charge in [-0.2, -0.15) is 0 Å². The molecule has 0 aromatic carbocycles. The monoisotopic (exact) mass is 176 g/mol. The van der Waals surface area contributed by atoms with Crippen molar-refractivity contribution in [1.29, 1.82) is 0 Å². The molecule has 4 heteroatoms. The fourth-order valence-electron chi connectivity index (χ4n) is 1.03. The SMILES string of the molecule is CCCCC(C(=O)O)C(O)CO. The molecule has 3 N–H and O–H groups in total. The van der Waals surface area contributed by atoms with Crippen LogP contribution in [-0.2, 0) is 4.79 Å². The second kappa shape index (κ2) is 5.97. The predicted molar refractivity (Wildman–Crippen MR) is 43.7 cm³/mol. The maximum atomic E-state index is 10.5. The quantitative estimate of drug-likeness (QED) is 0.541. The largest absolute Gasteiger partial charge is 0.481 e. The lowest BCUT2D eigenvalue weighted by atomic mass is 9.97. The third-order valence-electron chi connectivity index (χ3n) is 1.84. The minimum absolute atomic E-state index is 0.424. The maximum absolute atomic E-state index is 10.5. The highest BCUT2D eigenvalue weighted by Gasteiger charge is 2.24. The zero-order valence-electron chi connectivity index (χ0n) is 7.23. The number of hydrogen-bond donors (Lipinski definition) is 3. The second-order valence-electron chi connectivity index (χ2n) is 2.84. The van der Waals surface area contributed by atoms with Gasteiger partial charge >= 0.3 is 5.97 Å². The van der Waals surface area contributed by atoms with E-state index in [1.165, 1.54) is 0 Å². The maximum Gasteiger partial charge on any atom is 0.309 e. The van der Waals surface area contributed by atoms with Gasteiger partial charge in [-0.05, 0) is 6.42 Å². The van der Waals surface area contributed by atoms with Crippen molar-refractivity contribution in [2.24, 2.45) is 5.92 Å². The number of unbranched alkanes of at least 4 members (excludes halogenated alkanes) is 1. The summed E-state index contributed by atoms with van der Waals surface area (Å²) in [6, 6.07) is 0. The molecular formula is C8H16O4. The molecule has 0 rings (SSSR count). The summed E-state index contributed by atoms with van der Waals surface area (Å²) in [7, 11) is 0. The van der Waals surface area contributed by atoms with Crippen LogP contribution in [0.25, 0.3) is 0 Å². The Bertz CT molecular complexity index is 135. The number of carbonyl (C=O) groups is 1. The Morgan fingerprint density at radius 3 is 2.42 bits per heavy atom. The lowest BCUT2D eigenvalue weighted by Gasteiger charge is -2.16. The molecule has 0 aliphatic heterocycles. The summed E-state index contributed by atoms with van der Waals surface area (Å²) in [5, 5.41) is 26.3. The Hall–Kier alpha value is -0.610. The van der Waals surface area contributed by atoms with E-state index in [1.807, 2.05) is 6.92 Å². The fraction of sp³-hybridized carbons (Fsp3) is 0.875. The molecule has 72 valence electrons. The molecule has 0 aliphatic rings. The molecule has 0 aliphatic carbocycles. The highest BCUT2D eigenvalue weighted by molar-refractivity contribution is 5.70. The summed E-state index contributed by atoms with van der Waals surface area (Å²) in [4.78, 5) is 10.5. The average molecular weight is 176 g/mol. The Morgan fingerprint density at radius 2 is 2.08 bits per heavy atom. The van der Waals surface area contributed by atoms with Crippen molar-refractivity contribution in [3.63, 3.8) is 0 Å². The molecule has 0 bridgehead atoms. The van der Waals surface area contributed by atoms with E-state index in [0.29, 0.717) is 6.42 Å². The molecule has 0 spiro atoms. The van der Waals surface area contributed by atoms with Crippen molar-refractivity contribution in [1.82, 2.24) is 0 Å². The van der Waals surface area contributed by atoms with Crippen molar-refractivity contribution in [2.75, 3.05) is 6.61 Å². The van der Waals surface area contributed by atoms with Crippen molar-refractivity contribution in [2.45, 2.75) is 32.3 Å². The van der Waals surface area contributed by atoms with Crippen LogP contribution >= 0.6 is 0 Å². The van der Waals surface area contributed by atoms with Gasteiger partial charge in [0.2, 0.25) is 0 Å². The summed E-state index contributed by atoms with van der Waals surface area (Å²) in [5.74, 6) is -1.86. The third-order valence-corrected chi connectivity index (χ3v) is 1.84. The number of aliphatic hydroxyl groups is 2. The van der Waals surface area contributed by atoms with Gasteiger partial charge in [0.15, 0.2) is 0 Å². The molecular weight excluding hydrogens is 160 g/mol. The molecule has 0 fully saturated rings. The van der Waals surface area contributed by atoms with Gasteiger partial charge in [0.05, 0.1) is 18.6 Å². The molecule has 12 heavy (non-hydrogen) atoms. The number of carboxylic acid groups (broad SMARTS) is 1. The molecule has 0 saturated heterocycles. The van der Waals surface area contributed by atoms with Crippen molar-refractivity contribution < 1.29 is 20.1 Å². The Labute approximate surface area is 71.8 Å². The van der Waals surface area contributed by atoms with Crippen LogP contribution < -0.4 is 0 Å². The molecule has 4 nitrogen and oxygen atoms in total. The number of aliphatic hydroxyl groups excluding tert-OH is 2. The lowest BCUT2D eigenvalue weighted by molar-refractivity contribution is -0.147. The fourth-order valence-corrected chi connectivity index (χ4v) is 1.03. The minimum Gasteiger partial charge on any atom is -0.481 e. The molecule has 0 radical (unpaired) electrons. The lowest BCUT2D eigenvalue weighted by Crippen LogP contribution is -2.30. The Kier molecular flexibility index (Phi) is 5.66. The van der Waals surface area contributed by atoms with Crippen molar-refractivity contribution in [3.8, 4) is 0 Å². The Morgan fingerprint density at radius 1 is 1.50 bits per heavy atom. The van der Waals surface area contributed by atoms with E-state index in [4.69, 9.17) is 15.3 Å². The molecule has 0 aromatic heterocycles. The van der Waals surface area contributed by atoms with E-state index in [-0.39, 0.29) is 0 Å². The smallest absolute Gasteiger partial charge is 0.309 e. The normalized spacial score (nSPS) is 15.6. The molecule has 0 saturated carbocycles. The van der Waals surface area contributed by atoms with E-state index in [9.17, 15) is 4.79 Å². The van der Waals surface area contributed by atoms with Gasteiger partial charge in [0, 0.05) is 0 Å². The first-order valence-electron chi connectivity index (χ1n) is 4.15. The summed E-state index contributed by atoms with van der Waals surface area (Å²) in [5.41, 5.74) is 0. The zero-order valence-corrected chi connectivity index (χ0v) is 7.23. The molecule has 2 unspecified atom stereocenters. The van der Waals surface area contributed by atoms with E-state index in [1.54, 1.807) is 0 Å². The zero-order chi connectivity index (χ0) is 9.56. The topological polar surface area (TPSA) is 77.8 Å². The van der Waals surface area contributed by atoms with Gasteiger partial charge in [-0.3, -0.25) is 4.79 Å². The molecule has 2 atom stereocenters. The first kappa shape index (κ1) is 11.4. The standard InChI is InChI=1S/C8H16O4/c1-2-3-4-6(8(11)12)7(10)5-9/h6-7,9-10H,2-5H2,1H3,(H,11,12). The van der Waals surface area contributed by atoms with Gasteiger partial charge in [0.1, 0.15) is 0 Å². The van der Waals surface area contributed by atoms with E-state index in [0.717, 1.165) is 12.8 Å². The summed E-state index contributed by atoms with van der Waals surface area (Å²) < 4.78 is 0. The summed E-state index contributed by atoms with van der Waals surface area (Å²) in [6.45, 7) is 1.46. The van der Waals surface area contributed by atoms with E-state index in [2.05, 4.69) is 0 Å². The first-order valence-corrected chi connectivity index (χ1v) is 4.15.